The van der Waals surface area contributed by atoms with Gasteiger partial charge in [0, 0.05) is 25.3 Å². The van der Waals surface area contributed by atoms with Crippen LogP contribution in [0.1, 0.15) is 57.7 Å². The number of nitrogens with one attached hydrogen (secondary N) is 1. The van der Waals surface area contributed by atoms with Crippen molar-refractivity contribution < 1.29 is 0 Å². The molecular formula is C17H31N3. The van der Waals surface area contributed by atoms with Crippen LogP contribution in [0.3, 0.4) is 0 Å². The number of hydrogen-bond acceptors (Lipinski definition) is 3. The molecule has 0 radical (unpaired) electrons. The smallest absolute Gasteiger partial charge is 0.129 e. The first kappa shape index (κ1) is 17.0. The number of aryl methyl sites for hydroxylation is 1. The van der Waals surface area contributed by atoms with Gasteiger partial charge in [0.05, 0.1) is 0 Å². The van der Waals surface area contributed by atoms with Gasteiger partial charge in [-0.25, -0.2) is 4.98 Å². The Labute approximate surface area is 124 Å². The van der Waals surface area contributed by atoms with Crippen molar-refractivity contribution in [3.8, 4) is 0 Å². The monoisotopic (exact) mass is 277 g/mol. The van der Waals surface area contributed by atoms with Gasteiger partial charge in [-0.3, -0.25) is 0 Å². The summed E-state index contributed by atoms with van der Waals surface area (Å²) in [4.78, 5) is 7.20. The molecule has 1 N–H and O–H groups in total. The molecule has 0 amide bonds. The summed E-state index contributed by atoms with van der Waals surface area (Å²) < 4.78 is 0. The third-order valence-electron chi connectivity index (χ3n) is 3.47. The quantitative estimate of drug-likeness (QED) is 0.703. The molecule has 0 atom stereocenters. The zero-order chi connectivity index (χ0) is 14.8. The fraction of sp³-hybridized carbons (Fsp3) is 0.706. The summed E-state index contributed by atoms with van der Waals surface area (Å²) in [6, 6.07) is 4.44. The third-order valence-corrected chi connectivity index (χ3v) is 3.47. The Hall–Kier alpha value is -1.09. The molecule has 20 heavy (non-hydrogen) atoms. The van der Waals surface area contributed by atoms with Crippen LogP contribution in [-0.4, -0.2) is 24.6 Å². The predicted octanol–water partition coefficient (Wildman–Crippen LogP) is 3.91. The van der Waals surface area contributed by atoms with E-state index in [4.69, 9.17) is 4.98 Å². The van der Waals surface area contributed by atoms with Gasteiger partial charge in [-0.15, -0.1) is 0 Å². The van der Waals surface area contributed by atoms with Gasteiger partial charge in [-0.1, -0.05) is 33.6 Å². The molecule has 3 nitrogen and oxygen atoms in total. The first-order valence-electron chi connectivity index (χ1n) is 8.14. The largest absolute Gasteiger partial charge is 0.357 e. The van der Waals surface area contributed by atoms with E-state index in [1.165, 1.54) is 31.2 Å². The standard InChI is InChI=1S/C17H31N3/c1-5-8-10-20(11-9-6-2)17-13-16(14-18-7-3)12-15(4)19-17/h12-13,18H,5-11,14H2,1-4H3. The fourth-order valence-corrected chi connectivity index (χ4v) is 2.29. The molecular weight excluding hydrogens is 246 g/mol. The van der Waals surface area contributed by atoms with Crippen molar-refractivity contribution in [2.75, 3.05) is 24.5 Å². The van der Waals surface area contributed by atoms with Crippen LogP contribution in [0.5, 0.6) is 0 Å². The molecule has 1 aromatic rings. The van der Waals surface area contributed by atoms with Crippen LogP contribution in [0.2, 0.25) is 0 Å². The van der Waals surface area contributed by atoms with E-state index in [0.717, 1.165) is 37.7 Å². The van der Waals surface area contributed by atoms with Gasteiger partial charge in [-0.2, -0.15) is 0 Å². The van der Waals surface area contributed by atoms with Crippen LogP contribution in [0.25, 0.3) is 0 Å². The first-order chi connectivity index (χ1) is 9.71. The van der Waals surface area contributed by atoms with Gasteiger partial charge in [0.1, 0.15) is 5.82 Å². The number of rotatable bonds is 10. The summed E-state index contributed by atoms with van der Waals surface area (Å²) in [5, 5.41) is 3.40. The molecule has 0 fully saturated rings. The zero-order valence-corrected chi connectivity index (χ0v) is 13.7. The van der Waals surface area contributed by atoms with Crippen molar-refractivity contribution in [2.24, 2.45) is 0 Å². The van der Waals surface area contributed by atoms with E-state index >= 15 is 0 Å². The molecule has 0 unspecified atom stereocenters. The molecule has 0 aromatic carbocycles. The molecule has 0 saturated heterocycles. The lowest BCUT2D eigenvalue weighted by Gasteiger charge is -2.24. The summed E-state index contributed by atoms with van der Waals surface area (Å²) in [6.45, 7) is 12.9. The highest BCUT2D eigenvalue weighted by Gasteiger charge is 2.09. The van der Waals surface area contributed by atoms with Crippen molar-refractivity contribution in [1.29, 1.82) is 0 Å². The number of unbranched alkanes of at least 4 members (excludes halogenated alkanes) is 2. The van der Waals surface area contributed by atoms with Gasteiger partial charge in [-0.05, 0) is 44.0 Å². The predicted molar refractivity (Wildman–Crippen MR) is 88.4 cm³/mol. The van der Waals surface area contributed by atoms with Gasteiger partial charge >= 0.3 is 0 Å². The van der Waals surface area contributed by atoms with Gasteiger partial charge in [0.2, 0.25) is 0 Å². The SMILES string of the molecule is CCCCN(CCCC)c1cc(CNCC)cc(C)n1. The van der Waals surface area contributed by atoms with E-state index in [1.807, 2.05) is 0 Å². The van der Waals surface area contributed by atoms with E-state index in [0.29, 0.717) is 0 Å². The molecule has 114 valence electrons. The Balaban J connectivity index is 2.83. The minimum atomic E-state index is 0.933. The number of aromatic nitrogens is 1. The Morgan fingerprint density at radius 3 is 2.25 bits per heavy atom. The van der Waals surface area contributed by atoms with Crippen LogP contribution < -0.4 is 10.2 Å². The topological polar surface area (TPSA) is 28.2 Å². The summed E-state index contributed by atoms with van der Waals surface area (Å²) in [5.41, 5.74) is 2.46. The van der Waals surface area contributed by atoms with Crippen molar-refractivity contribution in [1.82, 2.24) is 10.3 Å². The molecule has 0 bridgehead atoms. The lowest BCUT2D eigenvalue weighted by atomic mass is 10.2. The van der Waals surface area contributed by atoms with Crippen molar-refractivity contribution in [3.63, 3.8) is 0 Å². The Morgan fingerprint density at radius 2 is 1.70 bits per heavy atom. The lowest BCUT2D eigenvalue weighted by Crippen LogP contribution is -2.27. The minimum absolute atomic E-state index is 0.933. The van der Waals surface area contributed by atoms with E-state index in [-0.39, 0.29) is 0 Å². The molecule has 0 aliphatic rings. The van der Waals surface area contributed by atoms with E-state index in [9.17, 15) is 0 Å². The van der Waals surface area contributed by atoms with Crippen molar-refractivity contribution in [3.05, 3.63) is 23.4 Å². The summed E-state index contributed by atoms with van der Waals surface area (Å²) >= 11 is 0. The minimum Gasteiger partial charge on any atom is -0.357 e. The van der Waals surface area contributed by atoms with Crippen LogP contribution in [0.15, 0.2) is 12.1 Å². The second kappa shape index (κ2) is 9.76. The molecule has 1 rings (SSSR count). The zero-order valence-electron chi connectivity index (χ0n) is 13.7. The van der Waals surface area contributed by atoms with Crippen LogP contribution in [0, 0.1) is 6.92 Å². The molecule has 0 spiro atoms. The normalized spacial score (nSPS) is 10.8. The third kappa shape index (κ3) is 5.91. The highest BCUT2D eigenvalue weighted by atomic mass is 15.2. The number of nitrogens with zero attached hydrogens (tertiary/aromatic N) is 2. The van der Waals surface area contributed by atoms with Gasteiger partial charge in [0.25, 0.3) is 0 Å². The van der Waals surface area contributed by atoms with Crippen LogP contribution in [-0.2, 0) is 6.54 Å². The summed E-state index contributed by atoms with van der Waals surface area (Å²) in [7, 11) is 0. The Morgan fingerprint density at radius 1 is 1.05 bits per heavy atom. The van der Waals surface area contributed by atoms with Crippen molar-refractivity contribution >= 4 is 5.82 Å². The summed E-state index contributed by atoms with van der Waals surface area (Å²) in [5.74, 6) is 1.15. The van der Waals surface area contributed by atoms with Crippen LogP contribution in [0.4, 0.5) is 5.82 Å². The Kier molecular flexibility index (Phi) is 8.28. The molecule has 0 saturated carbocycles. The second-order valence-corrected chi connectivity index (χ2v) is 5.45. The molecule has 3 heteroatoms. The average molecular weight is 277 g/mol. The summed E-state index contributed by atoms with van der Waals surface area (Å²) in [6.07, 6.45) is 4.95. The average Bonchev–Trinajstić information content (AvgIpc) is 2.44. The number of hydrogen-bond donors (Lipinski definition) is 1. The first-order valence-corrected chi connectivity index (χ1v) is 8.14. The van der Waals surface area contributed by atoms with Crippen molar-refractivity contribution in [2.45, 2.75) is 59.9 Å². The molecule has 1 aromatic heterocycles. The number of anilines is 1. The van der Waals surface area contributed by atoms with Gasteiger partial charge < -0.3 is 10.2 Å². The maximum absolute atomic E-state index is 4.75. The van der Waals surface area contributed by atoms with E-state index in [1.54, 1.807) is 0 Å². The van der Waals surface area contributed by atoms with Gasteiger partial charge in [0.15, 0.2) is 0 Å². The maximum Gasteiger partial charge on any atom is 0.129 e. The second-order valence-electron chi connectivity index (χ2n) is 5.45. The maximum atomic E-state index is 4.75. The lowest BCUT2D eigenvalue weighted by molar-refractivity contribution is 0.668. The highest BCUT2D eigenvalue weighted by Crippen LogP contribution is 2.17. The molecule has 0 aliphatic heterocycles. The van der Waals surface area contributed by atoms with Crippen LogP contribution >= 0.6 is 0 Å². The Bertz CT molecular complexity index is 368. The number of pyridine rings is 1. The van der Waals surface area contributed by atoms with E-state index < -0.39 is 0 Å². The molecule has 1 heterocycles. The highest BCUT2D eigenvalue weighted by molar-refractivity contribution is 5.42. The fourth-order valence-electron chi connectivity index (χ4n) is 2.29. The molecule has 0 aliphatic carbocycles. The van der Waals surface area contributed by atoms with E-state index in [2.05, 4.69) is 50.0 Å².